The molecule has 0 aliphatic heterocycles. The van der Waals surface area contributed by atoms with Crippen molar-refractivity contribution in [3.63, 3.8) is 0 Å². The van der Waals surface area contributed by atoms with Crippen LogP contribution in [0.25, 0.3) is 0 Å². The van der Waals surface area contributed by atoms with Gasteiger partial charge in [0, 0.05) is 16.9 Å². The van der Waals surface area contributed by atoms with Crippen molar-refractivity contribution in [1.29, 1.82) is 0 Å². The van der Waals surface area contributed by atoms with E-state index in [1.54, 1.807) is 24.3 Å². The summed E-state index contributed by atoms with van der Waals surface area (Å²) in [6, 6.07) is 6.94. The molecule has 0 aromatic heterocycles. The molecular formula is C14H17Cl2NO2. The fourth-order valence-corrected chi connectivity index (χ4v) is 2.69. The second-order valence-corrected chi connectivity index (χ2v) is 5.88. The molecule has 1 aromatic rings. The van der Waals surface area contributed by atoms with E-state index in [1.165, 1.54) is 0 Å². The van der Waals surface area contributed by atoms with Crippen LogP contribution in [0, 0.1) is 5.92 Å². The lowest BCUT2D eigenvalue weighted by Crippen LogP contribution is -2.32. The van der Waals surface area contributed by atoms with Crippen molar-refractivity contribution >= 4 is 29.1 Å². The molecule has 2 atom stereocenters. The second-order valence-electron chi connectivity index (χ2n) is 4.82. The molecular weight excluding hydrogens is 285 g/mol. The molecule has 1 amide bonds. The molecule has 2 rings (SSSR count). The number of hydrogen-bond acceptors (Lipinski definition) is 2. The quantitative estimate of drug-likeness (QED) is 0.848. The van der Waals surface area contributed by atoms with E-state index >= 15 is 0 Å². The molecule has 1 fully saturated rings. The van der Waals surface area contributed by atoms with Crippen LogP contribution in [-0.4, -0.2) is 24.4 Å². The number of rotatable bonds is 5. The van der Waals surface area contributed by atoms with Gasteiger partial charge in [0.2, 0.25) is 0 Å². The summed E-state index contributed by atoms with van der Waals surface area (Å²) in [4.78, 5) is 11.6. The highest BCUT2D eigenvalue weighted by molar-refractivity contribution is 6.30. The van der Waals surface area contributed by atoms with Gasteiger partial charge >= 0.3 is 0 Å². The highest BCUT2D eigenvalue weighted by atomic mass is 35.5. The number of halogens is 2. The number of alkyl halides is 1. The summed E-state index contributed by atoms with van der Waals surface area (Å²) in [6.07, 6.45) is 3.12. The molecule has 1 aromatic carbocycles. The Hall–Kier alpha value is -0.930. The minimum absolute atomic E-state index is 0.0264. The van der Waals surface area contributed by atoms with Crippen molar-refractivity contribution in [2.45, 2.75) is 24.6 Å². The van der Waals surface area contributed by atoms with Crippen LogP contribution in [0.4, 0.5) is 0 Å². The van der Waals surface area contributed by atoms with Gasteiger partial charge in [-0.15, -0.1) is 11.6 Å². The predicted molar refractivity (Wildman–Crippen MR) is 76.9 cm³/mol. The van der Waals surface area contributed by atoms with Crippen LogP contribution in [0.1, 0.15) is 19.3 Å². The third kappa shape index (κ3) is 4.92. The maximum absolute atomic E-state index is 11.6. The van der Waals surface area contributed by atoms with Crippen molar-refractivity contribution < 1.29 is 9.53 Å². The number of carbonyl (C=O) groups is 1. The van der Waals surface area contributed by atoms with Crippen LogP contribution >= 0.6 is 23.2 Å². The zero-order valence-electron chi connectivity index (χ0n) is 10.6. The smallest absolute Gasteiger partial charge is 0.257 e. The van der Waals surface area contributed by atoms with Gasteiger partial charge < -0.3 is 10.1 Å². The molecule has 1 N–H and O–H groups in total. The Balaban J connectivity index is 1.65. The lowest BCUT2D eigenvalue weighted by Gasteiger charge is -2.11. The summed E-state index contributed by atoms with van der Waals surface area (Å²) in [5.41, 5.74) is 0. The number of carbonyl (C=O) groups excluding carboxylic acids is 1. The summed E-state index contributed by atoms with van der Waals surface area (Å²) >= 11 is 11.8. The average Bonchev–Trinajstić information content (AvgIpc) is 2.81. The Bertz CT molecular complexity index is 422. The van der Waals surface area contributed by atoms with Gasteiger partial charge in [-0.1, -0.05) is 11.6 Å². The molecule has 0 radical (unpaired) electrons. The Labute approximate surface area is 123 Å². The lowest BCUT2D eigenvalue weighted by molar-refractivity contribution is -0.123. The molecule has 1 saturated carbocycles. The third-order valence-corrected chi connectivity index (χ3v) is 3.90. The number of hydrogen-bond donors (Lipinski definition) is 1. The maximum atomic E-state index is 11.6. The van der Waals surface area contributed by atoms with Gasteiger partial charge in [0.1, 0.15) is 5.75 Å². The van der Waals surface area contributed by atoms with Crippen LogP contribution in [0.3, 0.4) is 0 Å². The van der Waals surface area contributed by atoms with E-state index in [2.05, 4.69) is 5.32 Å². The molecule has 104 valence electrons. The van der Waals surface area contributed by atoms with E-state index in [0.29, 0.717) is 23.2 Å². The monoisotopic (exact) mass is 301 g/mol. The van der Waals surface area contributed by atoms with Crippen molar-refractivity contribution in [3.05, 3.63) is 29.3 Å². The van der Waals surface area contributed by atoms with E-state index in [0.717, 1.165) is 19.3 Å². The zero-order chi connectivity index (χ0) is 13.7. The summed E-state index contributed by atoms with van der Waals surface area (Å²) in [6.45, 7) is 0.713. The highest BCUT2D eigenvalue weighted by Gasteiger charge is 2.22. The minimum Gasteiger partial charge on any atom is -0.484 e. The van der Waals surface area contributed by atoms with Gasteiger partial charge in [-0.2, -0.15) is 0 Å². The van der Waals surface area contributed by atoms with Gasteiger partial charge in [-0.3, -0.25) is 4.79 Å². The third-order valence-electron chi connectivity index (χ3n) is 3.25. The highest BCUT2D eigenvalue weighted by Crippen LogP contribution is 2.28. The van der Waals surface area contributed by atoms with Crippen molar-refractivity contribution in [2.75, 3.05) is 13.2 Å². The number of nitrogens with one attached hydrogen (secondary N) is 1. The lowest BCUT2D eigenvalue weighted by atomic mass is 10.1. The fraction of sp³-hybridized carbons (Fsp3) is 0.500. The molecule has 19 heavy (non-hydrogen) atoms. The molecule has 0 spiro atoms. The van der Waals surface area contributed by atoms with Gasteiger partial charge in [-0.25, -0.2) is 0 Å². The standard InChI is InChI=1S/C14H17Cl2NO2/c15-11-3-5-13(6-4-11)19-9-14(18)17-8-10-1-2-12(16)7-10/h3-6,10,12H,1-2,7-9H2,(H,17,18). The first-order valence-electron chi connectivity index (χ1n) is 6.42. The van der Waals surface area contributed by atoms with E-state index in [4.69, 9.17) is 27.9 Å². The van der Waals surface area contributed by atoms with Gasteiger partial charge in [0.15, 0.2) is 6.61 Å². The number of ether oxygens (including phenoxy) is 1. The normalized spacial score (nSPS) is 22.2. The first-order valence-corrected chi connectivity index (χ1v) is 7.24. The number of benzene rings is 1. The van der Waals surface area contributed by atoms with Crippen molar-refractivity contribution in [2.24, 2.45) is 5.92 Å². The Morgan fingerprint density at radius 1 is 1.32 bits per heavy atom. The van der Waals surface area contributed by atoms with Gasteiger partial charge in [-0.05, 0) is 49.4 Å². The topological polar surface area (TPSA) is 38.3 Å². The molecule has 3 nitrogen and oxygen atoms in total. The molecule has 0 heterocycles. The summed E-state index contributed by atoms with van der Waals surface area (Å²) in [5, 5.41) is 3.80. The molecule has 5 heteroatoms. The van der Waals surface area contributed by atoms with E-state index < -0.39 is 0 Å². The molecule has 1 aliphatic rings. The van der Waals surface area contributed by atoms with Crippen molar-refractivity contribution in [1.82, 2.24) is 5.32 Å². The van der Waals surface area contributed by atoms with Gasteiger partial charge in [0.25, 0.3) is 5.91 Å². The average molecular weight is 302 g/mol. The SMILES string of the molecule is O=C(COc1ccc(Cl)cc1)NCC1CCC(Cl)C1. The molecule has 0 saturated heterocycles. The van der Waals surface area contributed by atoms with Crippen molar-refractivity contribution in [3.8, 4) is 5.75 Å². The van der Waals surface area contributed by atoms with E-state index in [1.807, 2.05) is 0 Å². The largest absolute Gasteiger partial charge is 0.484 e. The second kappa shape index (κ2) is 7.01. The van der Waals surface area contributed by atoms with E-state index in [-0.39, 0.29) is 17.9 Å². The summed E-state index contributed by atoms with van der Waals surface area (Å²) in [7, 11) is 0. The van der Waals surface area contributed by atoms with E-state index in [9.17, 15) is 4.79 Å². The number of amides is 1. The predicted octanol–water partition coefficient (Wildman–Crippen LogP) is 3.24. The fourth-order valence-electron chi connectivity index (χ4n) is 2.19. The molecule has 1 aliphatic carbocycles. The first-order chi connectivity index (χ1) is 9.13. The van der Waals surface area contributed by atoms with Crippen LogP contribution < -0.4 is 10.1 Å². The zero-order valence-corrected chi connectivity index (χ0v) is 12.1. The Morgan fingerprint density at radius 2 is 2.05 bits per heavy atom. The Morgan fingerprint density at radius 3 is 2.68 bits per heavy atom. The Kier molecular flexibility index (Phi) is 5.34. The summed E-state index contributed by atoms with van der Waals surface area (Å²) in [5.74, 6) is 1.04. The van der Waals surface area contributed by atoms with Gasteiger partial charge in [0.05, 0.1) is 0 Å². The van der Waals surface area contributed by atoms with Crippen LogP contribution in [0.2, 0.25) is 5.02 Å². The minimum atomic E-state index is -0.104. The molecule has 0 bridgehead atoms. The van der Waals surface area contributed by atoms with Crippen LogP contribution in [0.5, 0.6) is 5.75 Å². The molecule has 2 unspecified atom stereocenters. The van der Waals surface area contributed by atoms with Crippen LogP contribution in [-0.2, 0) is 4.79 Å². The van der Waals surface area contributed by atoms with Crippen LogP contribution in [0.15, 0.2) is 24.3 Å². The first kappa shape index (κ1) is 14.5. The summed E-state index contributed by atoms with van der Waals surface area (Å²) < 4.78 is 5.36. The maximum Gasteiger partial charge on any atom is 0.257 e.